The van der Waals surface area contributed by atoms with E-state index in [1.165, 1.54) is 0 Å². The molecule has 21 heavy (non-hydrogen) atoms. The number of rotatable bonds is 5. The van der Waals surface area contributed by atoms with Crippen LogP contribution in [0.15, 0.2) is 40.9 Å². The zero-order valence-corrected chi connectivity index (χ0v) is 14.9. The zero-order valence-electron chi connectivity index (χ0n) is 11.8. The molecular formula is C16H16BrCl2NO. The van der Waals surface area contributed by atoms with Crippen LogP contribution in [0.1, 0.15) is 24.1 Å². The van der Waals surface area contributed by atoms with E-state index < -0.39 is 0 Å². The Morgan fingerprint density at radius 3 is 2.62 bits per heavy atom. The molecule has 0 spiro atoms. The van der Waals surface area contributed by atoms with Crippen molar-refractivity contribution < 1.29 is 4.74 Å². The van der Waals surface area contributed by atoms with Crippen molar-refractivity contribution in [3.8, 4) is 5.75 Å². The van der Waals surface area contributed by atoms with E-state index >= 15 is 0 Å². The lowest BCUT2D eigenvalue weighted by Crippen LogP contribution is -2.23. The van der Waals surface area contributed by atoms with Crippen molar-refractivity contribution in [2.24, 2.45) is 0 Å². The van der Waals surface area contributed by atoms with Gasteiger partial charge in [0.15, 0.2) is 0 Å². The van der Waals surface area contributed by atoms with Crippen LogP contribution in [-0.4, -0.2) is 13.7 Å². The molecule has 0 radical (unpaired) electrons. The van der Waals surface area contributed by atoms with Gasteiger partial charge < -0.3 is 10.1 Å². The average Bonchev–Trinajstić information content (AvgIpc) is 2.48. The summed E-state index contributed by atoms with van der Waals surface area (Å²) in [6.07, 6.45) is 0. The highest BCUT2D eigenvalue weighted by atomic mass is 79.9. The Balaban J connectivity index is 2.58. The zero-order chi connectivity index (χ0) is 15.4. The van der Waals surface area contributed by atoms with E-state index in [9.17, 15) is 0 Å². The Labute approximate surface area is 143 Å². The maximum absolute atomic E-state index is 6.45. The molecule has 0 aliphatic heterocycles. The monoisotopic (exact) mass is 387 g/mol. The van der Waals surface area contributed by atoms with E-state index in [2.05, 4.69) is 28.2 Å². The van der Waals surface area contributed by atoms with Gasteiger partial charge >= 0.3 is 0 Å². The Kier molecular flexibility index (Phi) is 5.94. The Hall–Kier alpha value is -0.740. The van der Waals surface area contributed by atoms with Gasteiger partial charge in [-0.2, -0.15) is 0 Å². The van der Waals surface area contributed by atoms with Gasteiger partial charge in [0.2, 0.25) is 0 Å². The Bertz CT molecular complexity index is 634. The van der Waals surface area contributed by atoms with Crippen molar-refractivity contribution in [2.45, 2.75) is 13.0 Å². The molecule has 1 unspecified atom stereocenters. The number of ether oxygens (including phenoxy) is 1. The molecule has 0 saturated heterocycles. The number of benzene rings is 2. The number of hydrogen-bond donors (Lipinski definition) is 1. The van der Waals surface area contributed by atoms with E-state index in [4.69, 9.17) is 27.9 Å². The van der Waals surface area contributed by atoms with Gasteiger partial charge in [-0.3, -0.25) is 0 Å². The molecule has 0 bridgehead atoms. The summed E-state index contributed by atoms with van der Waals surface area (Å²) in [5.74, 6) is 0.779. The summed E-state index contributed by atoms with van der Waals surface area (Å²) < 4.78 is 6.33. The minimum atomic E-state index is -0.0892. The standard InChI is InChI=1S/C16H16BrCl2NO/c1-3-20-16(11-5-4-6-13(17)15(11)19)12-9-10(18)7-8-14(12)21-2/h4-9,16,20H,3H2,1-2H3. The van der Waals surface area contributed by atoms with Crippen LogP contribution < -0.4 is 10.1 Å². The molecule has 0 amide bonds. The fraction of sp³-hybridized carbons (Fsp3) is 0.250. The molecular weight excluding hydrogens is 373 g/mol. The van der Waals surface area contributed by atoms with Crippen LogP contribution in [0.2, 0.25) is 10.0 Å². The number of methoxy groups -OCH3 is 1. The lowest BCUT2D eigenvalue weighted by Gasteiger charge is -2.23. The molecule has 5 heteroatoms. The van der Waals surface area contributed by atoms with Crippen molar-refractivity contribution >= 4 is 39.1 Å². The first-order valence-corrected chi connectivity index (χ1v) is 8.14. The number of hydrogen-bond acceptors (Lipinski definition) is 2. The second-order valence-electron chi connectivity index (χ2n) is 4.52. The molecule has 2 aromatic rings. The Morgan fingerprint density at radius 2 is 1.95 bits per heavy atom. The summed E-state index contributed by atoms with van der Waals surface area (Å²) in [6, 6.07) is 11.4. The van der Waals surface area contributed by atoms with Crippen LogP contribution in [0.3, 0.4) is 0 Å². The molecule has 0 fully saturated rings. The van der Waals surface area contributed by atoms with Crippen molar-refractivity contribution in [1.29, 1.82) is 0 Å². The van der Waals surface area contributed by atoms with Gasteiger partial charge in [-0.1, -0.05) is 42.3 Å². The van der Waals surface area contributed by atoms with Crippen LogP contribution >= 0.6 is 39.1 Å². The summed E-state index contributed by atoms with van der Waals surface area (Å²) in [5, 5.41) is 4.79. The van der Waals surface area contributed by atoms with E-state index in [-0.39, 0.29) is 6.04 Å². The topological polar surface area (TPSA) is 21.3 Å². The maximum atomic E-state index is 6.45. The third kappa shape index (κ3) is 3.72. The molecule has 0 aliphatic carbocycles. The largest absolute Gasteiger partial charge is 0.496 e. The predicted molar refractivity (Wildman–Crippen MR) is 92.7 cm³/mol. The summed E-state index contributed by atoms with van der Waals surface area (Å²) in [7, 11) is 1.65. The molecule has 2 aromatic carbocycles. The van der Waals surface area contributed by atoms with Crippen LogP contribution in [0.25, 0.3) is 0 Å². The Morgan fingerprint density at radius 1 is 1.19 bits per heavy atom. The highest BCUT2D eigenvalue weighted by Crippen LogP contribution is 2.37. The molecule has 1 N–H and O–H groups in total. The summed E-state index contributed by atoms with van der Waals surface area (Å²) in [4.78, 5) is 0. The SMILES string of the molecule is CCNC(c1cc(Cl)ccc1OC)c1cccc(Br)c1Cl. The van der Waals surface area contributed by atoms with Gasteiger partial charge in [-0.15, -0.1) is 0 Å². The predicted octanol–water partition coefficient (Wildman–Crippen LogP) is 5.46. The second-order valence-corrected chi connectivity index (χ2v) is 6.19. The molecule has 0 aromatic heterocycles. The quantitative estimate of drug-likeness (QED) is 0.733. The van der Waals surface area contributed by atoms with E-state index in [0.717, 1.165) is 27.9 Å². The minimum Gasteiger partial charge on any atom is -0.496 e. The molecule has 1 atom stereocenters. The molecule has 112 valence electrons. The fourth-order valence-corrected chi connectivity index (χ4v) is 3.06. The molecule has 2 nitrogen and oxygen atoms in total. The lowest BCUT2D eigenvalue weighted by molar-refractivity contribution is 0.404. The van der Waals surface area contributed by atoms with E-state index in [0.29, 0.717) is 10.0 Å². The lowest BCUT2D eigenvalue weighted by atomic mass is 9.97. The van der Waals surface area contributed by atoms with Gasteiger partial charge in [-0.25, -0.2) is 0 Å². The van der Waals surface area contributed by atoms with E-state index in [1.54, 1.807) is 7.11 Å². The second kappa shape index (κ2) is 7.50. The van der Waals surface area contributed by atoms with Crippen molar-refractivity contribution in [1.82, 2.24) is 5.32 Å². The van der Waals surface area contributed by atoms with Gasteiger partial charge in [0.25, 0.3) is 0 Å². The normalized spacial score (nSPS) is 12.2. The van der Waals surface area contributed by atoms with E-state index in [1.807, 2.05) is 36.4 Å². The van der Waals surface area contributed by atoms with Gasteiger partial charge in [0.1, 0.15) is 5.75 Å². The molecule has 0 heterocycles. The molecule has 0 aliphatic rings. The van der Waals surface area contributed by atoms with Gasteiger partial charge in [0, 0.05) is 15.1 Å². The maximum Gasteiger partial charge on any atom is 0.124 e. The van der Waals surface area contributed by atoms with Gasteiger partial charge in [0.05, 0.1) is 18.2 Å². The van der Waals surface area contributed by atoms with Crippen molar-refractivity contribution in [3.63, 3.8) is 0 Å². The third-order valence-corrected chi connectivity index (χ3v) is 4.75. The first-order valence-electron chi connectivity index (χ1n) is 6.59. The van der Waals surface area contributed by atoms with Gasteiger partial charge in [-0.05, 0) is 52.3 Å². The average molecular weight is 389 g/mol. The van der Waals surface area contributed by atoms with Crippen LogP contribution in [-0.2, 0) is 0 Å². The first kappa shape index (κ1) is 16.6. The molecule has 2 rings (SSSR count). The highest BCUT2D eigenvalue weighted by Gasteiger charge is 2.21. The highest BCUT2D eigenvalue weighted by molar-refractivity contribution is 9.10. The smallest absolute Gasteiger partial charge is 0.124 e. The van der Waals surface area contributed by atoms with Crippen LogP contribution in [0.4, 0.5) is 0 Å². The fourth-order valence-electron chi connectivity index (χ4n) is 2.27. The van der Waals surface area contributed by atoms with Crippen molar-refractivity contribution in [2.75, 3.05) is 13.7 Å². The first-order chi connectivity index (χ1) is 10.1. The van der Waals surface area contributed by atoms with Crippen molar-refractivity contribution in [3.05, 3.63) is 62.0 Å². The molecule has 0 saturated carbocycles. The third-order valence-electron chi connectivity index (χ3n) is 3.20. The number of halogens is 3. The number of nitrogens with one attached hydrogen (secondary N) is 1. The summed E-state index contributed by atoms with van der Waals surface area (Å²) >= 11 is 16.1. The van der Waals surface area contributed by atoms with Crippen LogP contribution in [0, 0.1) is 0 Å². The van der Waals surface area contributed by atoms with Crippen LogP contribution in [0.5, 0.6) is 5.75 Å². The summed E-state index contributed by atoms with van der Waals surface area (Å²) in [5.41, 5.74) is 1.94. The summed E-state index contributed by atoms with van der Waals surface area (Å²) in [6.45, 7) is 2.85. The minimum absolute atomic E-state index is 0.0892.